The fourth-order valence-corrected chi connectivity index (χ4v) is 2.19. The van der Waals surface area contributed by atoms with Gasteiger partial charge in [-0.05, 0) is 31.2 Å². The van der Waals surface area contributed by atoms with Crippen LogP contribution in [-0.2, 0) is 11.2 Å². The van der Waals surface area contributed by atoms with Crippen molar-refractivity contribution < 1.29 is 9.53 Å². The normalized spacial score (nSPS) is 12.2. The van der Waals surface area contributed by atoms with Crippen LogP contribution < -0.4 is 11.1 Å². The van der Waals surface area contributed by atoms with E-state index in [-0.39, 0.29) is 6.04 Å². The lowest BCUT2D eigenvalue weighted by Crippen LogP contribution is -2.22. The lowest BCUT2D eigenvalue weighted by Gasteiger charge is -2.10. The Balaban J connectivity index is 2.59. The molecule has 0 aliphatic rings. The van der Waals surface area contributed by atoms with E-state index in [1.807, 2.05) is 11.4 Å². The second-order valence-corrected chi connectivity index (χ2v) is 4.48. The molecule has 1 atom stereocenters. The molecule has 5 heteroatoms. The van der Waals surface area contributed by atoms with Crippen LogP contribution in [0.5, 0.6) is 0 Å². The molecule has 0 saturated heterocycles. The number of hydrogen-bond donors (Lipinski definition) is 2. The number of carbonyl (C=O) groups excluding carboxylic acids is 1. The van der Waals surface area contributed by atoms with Gasteiger partial charge in [-0.15, -0.1) is 11.3 Å². The smallest absolute Gasteiger partial charge is 0.411 e. The van der Waals surface area contributed by atoms with Crippen molar-refractivity contribution >= 4 is 23.1 Å². The monoisotopic (exact) mass is 242 g/mol. The first-order valence-electron chi connectivity index (χ1n) is 5.43. The molecule has 1 aromatic heterocycles. The van der Waals surface area contributed by atoms with E-state index in [0.29, 0.717) is 6.61 Å². The molecule has 0 bridgehead atoms. The van der Waals surface area contributed by atoms with Gasteiger partial charge in [-0.2, -0.15) is 0 Å². The lowest BCUT2D eigenvalue weighted by atomic mass is 10.1. The minimum Gasteiger partial charge on any atom is -0.450 e. The van der Waals surface area contributed by atoms with Crippen LogP contribution in [0, 0.1) is 0 Å². The number of amides is 1. The van der Waals surface area contributed by atoms with Gasteiger partial charge in [0.05, 0.1) is 12.3 Å². The van der Waals surface area contributed by atoms with Crippen molar-refractivity contribution in [3.63, 3.8) is 0 Å². The summed E-state index contributed by atoms with van der Waals surface area (Å²) in [4.78, 5) is 12.4. The van der Waals surface area contributed by atoms with Gasteiger partial charge in [0.1, 0.15) is 0 Å². The van der Waals surface area contributed by atoms with Crippen LogP contribution in [-0.4, -0.2) is 18.7 Å². The summed E-state index contributed by atoms with van der Waals surface area (Å²) in [6.07, 6.45) is 1.30. The average molecular weight is 242 g/mol. The fraction of sp³-hybridized carbons (Fsp3) is 0.545. The van der Waals surface area contributed by atoms with Gasteiger partial charge >= 0.3 is 6.09 Å². The lowest BCUT2D eigenvalue weighted by molar-refractivity contribution is 0.168. The molecule has 0 radical (unpaired) electrons. The molecule has 16 heavy (non-hydrogen) atoms. The van der Waals surface area contributed by atoms with Gasteiger partial charge in [0.2, 0.25) is 0 Å². The van der Waals surface area contributed by atoms with Gasteiger partial charge in [0, 0.05) is 10.9 Å². The highest BCUT2D eigenvalue weighted by Gasteiger charge is 2.11. The van der Waals surface area contributed by atoms with E-state index in [1.54, 1.807) is 18.3 Å². The molecule has 1 heterocycles. The van der Waals surface area contributed by atoms with Crippen LogP contribution in [0.4, 0.5) is 10.5 Å². The van der Waals surface area contributed by atoms with E-state index in [9.17, 15) is 4.79 Å². The van der Waals surface area contributed by atoms with E-state index in [0.717, 1.165) is 23.4 Å². The van der Waals surface area contributed by atoms with Crippen LogP contribution in [0.25, 0.3) is 0 Å². The van der Waals surface area contributed by atoms with E-state index >= 15 is 0 Å². The van der Waals surface area contributed by atoms with Crippen LogP contribution >= 0.6 is 11.3 Å². The zero-order valence-corrected chi connectivity index (χ0v) is 10.5. The minimum absolute atomic E-state index is 0.140. The van der Waals surface area contributed by atoms with Crippen molar-refractivity contribution in [1.82, 2.24) is 0 Å². The topological polar surface area (TPSA) is 64.3 Å². The molecule has 1 rings (SSSR count). The third-order valence-corrected chi connectivity index (χ3v) is 3.17. The molecule has 1 amide bonds. The van der Waals surface area contributed by atoms with Crippen molar-refractivity contribution in [2.24, 2.45) is 5.73 Å². The predicted octanol–water partition coefficient (Wildman–Crippen LogP) is 2.60. The Morgan fingerprint density at radius 3 is 3.00 bits per heavy atom. The van der Waals surface area contributed by atoms with E-state index in [4.69, 9.17) is 10.5 Å². The average Bonchev–Trinajstić information content (AvgIpc) is 2.66. The predicted molar refractivity (Wildman–Crippen MR) is 66.9 cm³/mol. The molecular weight excluding hydrogens is 224 g/mol. The van der Waals surface area contributed by atoms with Gasteiger partial charge < -0.3 is 10.5 Å². The summed E-state index contributed by atoms with van der Waals surface area (Å²) in [7, 11) is 0. The summed E-state index contributed by atoms with van der Waals surface area (Å²) in [5.41, 5.74) is 6.70. The largest absolute Gasteiger partial charge is 0.450 e. The van der Waals surface area contributed by atoms with Gasteiger partial charge in [-0.25, -0.2) is 4.79 Å². The molecule has 4 nitrogen and oxygen atoms in total. The summed E-state index contributed by atoms with van der Waals surface area (Å²) in [6.45, 7) is 4.21. The summed E-state index contributed by atoms with van der Waals surface area (Å²) in [6, 6.07) is 2.01. The second kappa shape index (κ2) is 6.50. The molecule has 3 N–H and O–H groups in total. The Morgan fingerprint density at radius 1 is 1.62 bits per heavy atom. The van der Waals surface area contributed by atoms with Crippen LogP contribution in [0.15, 0.2) is 11.4 Å². The summed E-state index contributed by atoms with van der Waals surface area (Å²) < 4.78 is 4.82. The zero-order valence-electron chi connectivity index (χ0n) is 9.66. The highest BCUT2D eigenvalue weighted by molar-refractivity contribution is 7.10. The Kier molecular flexibility index (Phi) is 5.28. The molecule has 0 aliphatic heterocycles. The fourth-order valence-electron chi connectivity index (χ4n) is 1.27. The van der Waals surface area contributed by atoms with Gasteiger partial charge in [-0.3, -0.25) is 5.32 Å². The van der Waals surface area contributed by atoms with Gasteiger partial charge in [-0.1, -0.05) is 6.92 Å². The second-order valence-electron chi connectivity index (χ2n) is 3.48. The Labute approximate surface area is 99.8 Å². The number of hydrogen-bond acceptors (Lipinski definition) is 4. The molecule has 0 aliphatic carbocycles. The van der Waals surface area contributed by atoms with Crippen molar-refractivity contribution in [3.8, 4) is 0 Å². The van der Waals surface area contributed by atoms with E-state index in [2.05, 4.69) is 12.2 Å². The number of nitrogens with two attached hydrogens (primary N) is 1. The Hall–Kier alpha value is -1.07. The molecule has 0 spiro atoms. The number of carbonyl (C=O) groups is 1. The maximum Gasteiger partial charge on any atom is 0.411 e. The maximum absolute atomic E-state index is 11.3. The van der Waals surface area contributed by atoms with Crippen LogP contribution in [0.3, 0.4) is 0 Å². The third-order valence-electron chi connectivity index (χ3n) is 2.23. The summed E-state index contributed by atoms with van der Waals surface area (Å²) >= 11 is 1.60. The number of thiophene rings is 1. The van der Waals surface area contributed by atoms with Gasteiger partial charge in [0.25, 0.3) is 0 Å². The molecule has 0 saturated carbocycles. The standard InChI is InChI=1S/C11H18N2O2S/c1-3-8(12)7-10-9(5-6-16-10)13-11(14)15-4-2/h5-6,8H,3-4,7,12H2,1-2H3,(H,13,14). The summed E-state index contributed by atoms with van der Waals surface area (Å²) in [5, 5.41) is 4.66. The van der Waals surface area contributed by atoms with Gasteiger partial charge in [0.15, 0.2) is 0 Å². The Morgan fingerprint density at radius 2 is 2.38 bits per heavy atom. The first-order valence-corrected chi connectivity index (χ1v) is 6.31. The molecule has 1 aromatic rings. The van der Waals surface area contributed by atoms with Crippen LogP contribution in [0.1, 0.15) is 25.1 Å². The molecular formula is C11H18N2O2S. The first kappa shape index (κ1) is 13.0. The molecule has 1 unspecified atom stereocenters. The number of ether oxygens (including phenoxy) is 1. The van der Waals surface area contributed by atoms with E-state index in [1.165, 1.54) is 0 Å². The van der Waals surface area contributed by atoms with Crippen molar-refractivity contribution in [3.05, 3.63) is 16.3 Å². The van der Waals surface area contributed by atoms with Crippen LogP contribution in [0.2, 0.25) is 0 Å². The summed E-state index contributed by atoms with van der Waals surface area (Å²) in [5.74, 6) is 0. The number of anilines is 1. The highest BCUT2D eigenvalue weighted by Crippen LogP contribution is 2.24. The molecule has 90 valence electrons. The van der Waals surface area contributed by atoms with E-state index < -0.39 is 6.09 Å². The quantitative estimate of drug-likeness (QED) is 0.834. The van der Waals surface area contributed by atoms with Crippen molar-refractivity contribution in [1.29, 1.82) is 0 Å². The zero-order chi connectivity index (χ0) is 12.0. The maximum atomic E-state index is 11.3. The number of nitrogens with one attached hydrogen (secondary N) is 1. The Bertz CT molecular complexity index is 338. The molecule has 0 aromatic carbocycles. The SMILES string of the molecule is CCOC(=O)Nc1ccsc1CC(N)CC. The van der Waals surface area contributed by atoms with Crippen molar-refractivity contribution in [2.75, 3.05) is 11.9 Å². The number of rotatable bonds is 5. The minimum atomic E-state index is -0.410. The first-order chi connectivity index (χ1) is 7.67. The molecule has 0 fully saturated rings. The third kappa shape index (κ3) is 3.83. The highest BCUT2D eigenvalue weighted by atomic mass is 32.1. The van der Waals surface area contributed by atoms with Crippen molar-refractivity contribution in [2.45, 2.75) is 32.7 Å².